The first-order valence-corrected chi connectivity index (χ1v) is 6.94. The van der Waals surface area contributed by atoms with E-state index in [2.05, 4.69) is 34.3 Å². The number of nitrogens with zero attached hydrogens (tertiary/aromatic N) is 3. The maximum atomic E-state index is 11.3. The molecule has 0 bridgehead atoms. The summed E-state index contributed by atoms with van der Waals surface area (Å²) in [7, 11) is 0. The fraction of sp³-hybridized carbons (Fsp3) is 0.615. The Morgan fingerprint density at radius 2 is 2.21 bits per heavy atom. The van der Waals surface area contributed by atoms with Crippen molar-refractivity contribution < 1.29 is 0 Å². The second-order valence-corrected chi connectivity index (χ2v) is 4.80. The molecule has 0 radical (unpaired) electrons. The van der Waals surface area contributed by atoms with Gasteiger partial charge >= 0.3 is 5.69 Å². The minimum atomic E-state index is -0.259. The zero-order chi connectivity index (χ0) is 13.7. The summed E-state index contributed by atoms with van der Waals surface area (Å²) < 4.78 is 1.39. The topological polar surface area (TPSA) is 75.1 Å². The van der Waals surface area contributed by atoms with Gasteiger partial charge in [0, 0.05) is 12.1 Å². The van der Waals surface area contributed by atoms with Crippen molar-refractivity contribution in [2.24, 2.45) is 0 Å². The van der Waals surface area contributed by atoms with Crippen LogP contribution in [0.25, 0.3) is 5.65 Å². The number of fused-ring (bicyclic) bond motifs is 1. The summed E-state index contributed by atoms with van der Waals surface area (Å²) in [4.78, 5) is 15.6. The van der Waals surface area contributed by atoms with Crippen LogP contribution in [-0.2, 0) is 0 Å². The van der Waals surface area contributed by atoms with Gasteiger partial charge in [-0.25, -0.2) is 19.3 Å². The molecule has 6 nitrogen and oxygen atoms in total. The highest BCUT2D eigenvalue weighted by atomic mass is 16.1. The molecule has 1 unspecified atom stereocenters. The van der Waals surface area contributed by atoms with Gasteiger partial charge in [-0.2, -0.15) is 5.10 Å². The number of unbranched alkanes of at least 4 members (excludes halogenated alkanes) is 1. The fourth-order valence-corrected chi connectivity index (χ4v) is 2.19. The predicted octanol–water partition coefficient (Wildman–Crippen LogP) is 2.19. The molecule has 0 aliphatic heterocycles. The maximum Gasteiger partial charge on any atom is 0.348 e. The van der Waals surface area contributed by atoms with Crippen LogP contribution >= 0.6 is 0 Å². The molecule has 2 rings (SSSR count). The number of hydrogen-bond acceptors (Lipinski definition) is 4. The summed E-state index contributed by atoms with van der Waals surface area (Å²) in [6.45, 7) is 4.38. The molecule has 19 heavy (non-hydrogen) atoms. The van der Waals surface area contributed by atoms with Gasteiger partial charge in [0.2, 0.25) is 0 Å². The first-order valence-electron chi connectivity index (χ1n) is 6.94. The van der Waals surface area contributed by atoms with Gasteiger partial charge in [0.25, 0.3) is 0 Å². The van der Waals surface area contributed by atoms with E-state index in [4.69, 9.17) is 0 Å². The Balaban J connectivity index is 2.11. The molecular weight excluding hydrogens is 242 g/mol. The van der Waals surface area contributed by atoms with E-state index in [-0.39, 0.29) is 5.69 Å². The van der Waals surface area contributed by atoms with Crippen LogP contribution in [0.1, 0.15) is 46.0 Å². The van der Waals surface area contributed by atoms with Crippen LogP contribution in [0.2, 0.25) is 0 Å². The van der Waals surface area contributed by atoms with Crippen molar-refractivity contribution in [3.63, 3.8) is 0 Å². The summed E-state index contributed by atoms with van der Waals surface area (Å²) in [5.41, 5.74) is 0.332. The van der Waals surface area contributed by atoms with Gasteiger partial charge in [-0.3, -0.25) is 0 Å². The van der Waals surface area contributed by atoms with Crippen molar-refractivity contribution in [3.8, 4) is 0 Å². The van der Waals surface area contributed by atoms with Crippen molar-refractivity contribution >= 4 is 11.5 Å². The van der Waals surface area contributed by atoms with E-state index in [0.717, 1.165) is 25.1 Å². The molecule has 0 aliphatic carbocycles. The van der Waals surface area contributed by atoms with E-state index in [1.807, 2.05) is 0 Å². The summed E-state index contributed by atoms with van der Waals surface area (Å²) in [6.07, 6.45) is 7.33. The van der Waals surface area contributed by atoms with Crippen molar-refractivity contribution in [3.05, 3.63) is 22.9 Å². The third-order valence-corrected chi connectivity index (χ3v) is 3.21. The van der Waals surface area contributed by atoms with Gasteiger partial charge in [0.1, 0.15) is 12.1 Å². The van der Waals surface area contributed by atoms with E-state index >= 15 is 0 Å². The van der Waals surface area contributed by atoms with Gasteiger partial charge in [-0.1, -0.05) is 33.1 Å². The zero-order valence-corrected chi connectivity index (χ0v) is 11.5. The lowest BCUT2D eigenvalue weighted by molar-refractivity contribution is 0.563. The molecule has 6 heteroatoms. The minimum Gasteiger partial charge on any atom is -0.367 e. The highest BCUT2D eigenvalue weighted by Crippen LogP contribution is 2.13. The highest BCUT2D eigenvalue weighted by molar-refractivity contribution is 5.48. The molecule has 0 amide bonds. The summed E-state index contributed by atoms with van der Waals surface area (Å²) in [6, 6.07) is 2.23. The van der Waals surface area contributed by atoms with E-state index in [1.165, 1.54) is 23.6 Å². The lowest BCUT2D eigenvalue weighted by Crippen LogP contribution is -2.20. The van der Waals surface area contributed by atoms with E-state index in [9.17, 15) is 4.79 Å². The molecule has 2 heterocycles. The minimum absolute atomic E-state index is 0.259. The van der Waals surface area contributed by atoms with Crippen LogP contribution in [0.5, 0.6) is 0 Å². The van der Waals surface area contributed by atoms with Crippen LogP contribution in [0.15, 0.2) is 17.2 Å². The molecule has 0 spiro atoms. The van der Waals surface area contributed by atoms with Gasteiger partial charge in [-0.15, -0.1) is 0 Å². The normalized spacial score (nSPS) is 12.7. The van der Waals surface area contributed by atoms with Crippen molar-refractivity contribution in [2.45, 2.75) is 52.0 Å². The molecule has 0 saturated carbocycles. The molecule has 2 aromatic rings. The molecule has 0 aromatic carbocycles. The quantitative estimate of drug-likeness (QED) is 0.803. The van der Waals surface area contributed by atoms with E-state index < -0.39 is 0 Å². The Morgan fingerprint density at radius 3 is 2.95 bits per heavy atom. The Hall–Kier alpha value is -1.85. The molecule has 0 fully saturated rings. The van der Waals surface area contributed by atoms with Crippen molar-refractivity contribution in [2.75, 3.05) is 5.32 Å². The molecular formula is C13H21N5O. The second-order valence-electron chi connectivity index (χ2n) is 4.80. The maximum absolute atomic E-state index is 11.3. The average Bonchev–Trinajstić information content (AvgIpc) is 2.77. The van der Waals surface area contributed by atoms with Gasteiger partial charge in [0.15, 0.2) is 5.65 Å². The molecule has 0 aliphatic rings. The van der Waals surface area contributed by atoms with Gasteiger partial charge in [0.05, 0.1) is 0 Å². The van der Waals surface area contributed by atoms with Gasteiger partial charge < -0.3 is 5.32 Å². The molecule has 2 aromatic heterocycles. The zero-order valence-electron chi connectivity index (χ0n) is 11.5. The Bertz CT molecular complexity index is 574. The molecule has 104 valence electrons. The first kappa shape index (κ1) is 13.6. The second kappa shape index (κ2) is 6.36. The number of aromatic amines is 1. The van der Waals surface area contributed by atoms with Crippen molar-refractivity contribution in [1.82, 2.24) is 19.6 Å². The number of hydrogen-bond donors (Lipinski definition) is 2. The van der Waals surface area contributed by atoms with Crippen LogP contribution in [0.3, 0.4) is 0 Å². The van der Waals surface area contributed by atoms with Crippen LogP contribution < -0.4 is 11.0 Å². The average molecular weight is 263 g/mol. The van der Waals surface area contributed by atoms with Crippen LogP contribution in [0.4, 0.5) is 5.82 Å². The van der Waals surface area contributed by atoms with Gasteiger partial charge in [-0.05, 0) is 12.8 Å². The van der Waals surface area contributed by atoms with Crippen LogP contribution in [-0.4, -0.2) is 25.6 Å². The fourth-order valence-electron chi connectivity index (χ4n) is 2.19. The van der Waals surface area contributed by atoms with Crippen molar-refractivity contribution in [1.29, 1.82) is 0 Å². The lowest BCUT2D eigenvalue weighted by atomic mass is 10.1. The smallest absolute Gasteiger partial charge is 0.348 e. The molecule has 0 saturated heterocycles. The highest BCUT2D eigenvalue weighted by Gasteiger charge is 2.09. The standard InChI is InChI=1S/C13H21N5O/c1-3-5-7-10(6-4-2)15-11-8-12-16-17-13(19)18(12)9-14-11/h8-10,15H,3-7H2,1-2H3,(H,17,19). The summed E-state index contributed by atoms with van der Waals surface area (Å²) in [5.74, 6) is 0.779. The number of H-pyrrole nitrogens is 1. The predicted molar refractivity (Wildman–Crippen MR) is 75.5 cm³/mol. The number of rotatable bonds is 7. The Morgan fingerprint density at radius 1 is 1.37 bits per heavy atom. The monoisotopic (exact) mass is 263 g/mol. The number of nitrogens with one attached hydrogen (secondary N) is 2. The third kappa shape index (κ3) is 3.33. The van der Waals surface area contributed by atoms with E-state index in [1.54, 1.807) is 6.07 Å². The Kier molecular flexibility index (Phi) is 4.54. The Labute approximate surface area is 112 Å². The summed E-state index contributed by atoms with van der Waals surface area (Å²) >= 11 is 0. The third-order valence-electron chi connectivity index (χ3n) is 3.21. The SMILES string of the molecule is CCCCC(CCC)Nc1cc2n[nH]c(=O)n2cn1. The van der Waals surface area contributed by atoms with Crippen LogP contribution in [0, 0.1) is 0 Å². The largest absolute Gasteiger partial charge is 0.367 e. The molecule has 1 atom stereocenters. The molecule has 2 N–H and O–H groups in total. The first-order chi connectivity index (χ1) is 9.24. The number of aromatic nitrogens is 4. The lowest BCUT2D eigenvalue weighted by Gasteiger charge is -2.18. The number of anilines is 1. The summed E-state index contributed by atoms with van der Waals surface area (Å²) in [5, 5.41) is 9.78. The van der Waals surface area contributed by atoms with E-state index in [0.29, 0.717) is 11.7 Å².